The first-order valence-corrected chi connectivity index (χ1v) is 50.5. The van der Waals surface area contributed by atoms with Crippen LogP contribution in [-0.2, 0) is 5.41 Å². The molecule has 17 aromatic carbocycles. The molecule has 1 aliphatic carbocycles. The van der Waals surface area contributed by atoms with E-state index in [4.69, 9.17) is 19.9 Å². The number of fused-ring (bicyclic) bond motifs is 20. The van der Waals surface area contributed by atoms with Crippen LogP contribution in [0.5, 0.6) is 0 Å². The fourth-order valence-corrected chi connectivity index (χ4v) is 43.3. The molecule has 5 aromatic heterocycles. The van der Waals surface area contributed by atoms with Gasteiger partial charge in [0.25, 0.3) is 0 Å². The molecule has 0 radical (unpaired) electrons. The first-order valence-electron chi connectivity index (χ1n) is 42.1. The first kappa shape index (κ1) is 71.5. The predicted molar refractivity (Wildman–Crippen MR) is 512 cm³/mol. The van der Waals surface area contributed by atoms with E-state index in [0.29, 0.717) is 0 Å². The Morgan fingerprint density at radius 1 is 0.238 bits per heavy atom. The van der Waals surface area contributed by atoms with Crippen molar-refractivity contribution in [1.82, 2.24) is 33.6 Å². The number of para-hydroxylation sites is 6. The van der Waals surface area contributed by atoms with Crippen molar-refractivity contribution in [1.29, 1.82) is 0 Å². The van der Waals surface area contributed by atoms with E-state index in [9.17, 15) is 0 Å². The van der Waals surface area contributed by atoms with Crippen molar-refractivity contribution in [3.8, 4) is 96.0 Å². The second-order valence-corrected chi connectivity index (χ2v) is 48.4. The summed E-state index contributed by atoms with van der Waals surface area (Å²) in [7, 11) is 0. The van der Waals surface area contributed by atoms with Crippen LogP contribution in [0, 0.1) is 0 Å². The summed E-state index contributed by atoms with van der Waals surface area (Å²) in [4.78, 5) is 22.8. The summed E-state index contributed by atoms with van der Waals surface area (Å²) in [6.07, 6.45) is 0. The Bertz CT molecular complexity index is 7880. The number of hydrogen-bond donors (Lipinski definition) is 0. The van der Waals surface area contributed by atoms with Crippen molar-refractivity contribution in [2.45, 2.75) is 19.3 Å². The van der Waals surface area contributed by atoms with Crippen molar-refractivity contribution < 1.29 is 0 Å². The maximum absolute atomic E-state index is 5.80. The molecular weight excluding hydrogens is 1600 g/mol. The monoisotopic (exact) mass is 1680 g/mol. The van der Waals surface area contributed by atoms with Gasteiger partial charge in [0, 0.05) is 0 Å². The van der Waals surface area contributed by atoms with Gasteiger partial charge in [-0.2, -0.15) is 0 Å². The summed E-state index contributed by atoms with van der Waals surface area (Å²) in [6, 6.07) is 158. The average Bonchev–Trinajstić information content (AvgIpc) is 1.57. The molecule has 9 heteroatoms. The van der Waals surface area contributed by atoms with E-state index in [1.165, 1.54) is 123 Å². The van der Waals surface area contributed by atoms with Gasteiger partial charge < -0.3 is 0 Å². The summed E-state index contributed by atoms with van der Waals surface area (Å²) in [6.45, 7) is 4.78. The van der Waals surface area contributed by atoms with E-state index < -0.39 is 26.5 Å². The normalized spacial score (nSPS) is 13.5. The van der Waals surface area contributed by atoms with Gasteiger partial charge >= 0.3 is 712 Å². The molecule has 0 saturated carbocycles. The van der Waals surface area contributed by atoms with Gasteiger partial charge in [0.2, 0.25) is 0 Å². The van der Waals surface area contributed by atoms with Crippen molar-refractivity contribution in [3.63, 3.8) is 0 Å². The molecule has 7 nitrogen and oxygen atoms in total. The Kier molecular flexibility index (Phi) is 16.6. The molecule has 3 aliphatic rings. The van der Waals surface area contributed by atoms with Crippen LogP contribution < -0.4 is 35.2 Å². The minimum atomic E-state index is -3.84. The summed E-state index contributed by atoms with van der Waals surface area (Å²) >= 11 is -7.64. The first-order chi connectivity index (χ1) is 60.4. The number of nitrogens with zero attached hydrogens (tertiary/aromatic N) is 7. The third-order valence-electron chi connectivity index (χ3n) is 26.3. The van der Waals surface area contributed by atoms with Gasteiger partial charge in [-0.05, 0) is 0 Å². The molecule has 0 spiro atoms. The van der Waals surface area contributed by atoms with Crippen LogP contribution in [0.3, 0.4) is 0 Å². The molecule has 0 atom stereocenters. The van der Waals surface area contributed by atoms with Gasteiger partial charge in [-0.25, -0.2) is 0 Å². The summed E-state index contributed by atoms with van der Waals surface area (Å²) in [5, 5.41) is 7.49. The topological polar surface area (TPSA) is 66.3 Å². The molecule has 7 heterocycles. The molecule has 22 aromatic rings. The average molecular weight is 1680 g/mol. The van der Waals surface area contributed by atoms with E-state index in [1.54, 1.807) is 0 Å². The molecule has 0 bridgehead atoms. The number of aromatic nitrogens is 7. The zero-order valence-corrected chi connectivity index (χ0v) is 71.3. The SMILES string of the molecule is CC1(C)c2ccccc2-c2ccc3c(c21)c1ccccc1n3-c1ccccc1-c1nc(-c2ccccc2)nc2[c]1[Ge]([c]1ccccc1)([c]1ccccc1)[c]1ccccc1-2.c1ccc(-c2nc(-c3ccccc3-n3c4ccccc4c4c3ccc3c5ccccc5n(-c5ccccc5)c34)[c]3c(n2)-c2cccc[c]2[Ge]3([c]2ccccc2)[c]2ccccc2)cc1. The van der Waals surface area contributed by atoms with E-state index in [1.807, 2.05) is 0 Å². The summed E-state index contributed by atoms with van der Waals surface area (Å²) in [5.41, 5.74) is 26.4. The van der Waals surface area contributed by atoms with Crippen LogP contribution in [0.25, 0.3) is 161 Å². The van der Waals surface area contributed by atoms with Gasteiger partial charge in [0.05, 0.1) is 0 Å². The van der Waals surface area contributed by atoms with Gasteiger partial charge in [0.1, 0.15) is 0 Å². The van der Waals surface area contributed by atoms with Crippen molar-refractivity contribution in [2.75, 3.05) is 0 Å². The molecule has 0 N–H and O–H groups in total. The molecule has 572 valence electrons. The van der Waals surface area contributed by atoms with Crippen LogP contribution in [-0.4, -0.2) is 60.2 Å². The van der Waals surface area contributed by atoms with E-state index in [-0.39, 0.29) is 5.41 Å². The summed E-state index contributed by atoms with van der Waals surface area (Å²) < 4.78 is 18.3. The Labute approximate surface area is 712 Å². The van der Waals surface area contributed by atoms with Gasteiger partial charge in [-0.3, -0.25) is 0 Å². The third-order valence-corrected chi connectivity index (χ3v) is 46.7. The maximum atomic E-state index is 5.80. The van der Waals surface area contributed by atoms with Crippen LogP contribution in [0.2, 0.25) is 0 Å². The second-order valence-electron chi connectivity index (χ2n) is 32.9. The predicted octanol–water partition coefficient (Wildman–Crippen LogP) is 21.9. The Hall–Kier alpha value is -14.6. The molecule has 0 saturated heterocycles. The van der Waals surface area contributed by atoms with E-state index in [0.717, 1.165) is 84.8 Å². The molecule has 2 aliphatic heterocycles. The number of benzene rings is 17. The van der Waals surface area contributed by atoms with Crippen molar-refractivity contribution in [3.05, 3.63) is 442 Å². The van der Waals surface area contributed by atoms with Crippen LogP contribution in [0.4, 0.5) is 0 Å². The van der Waals surface area contributed by atoms with Crippen LogP contribution >= 0.6 is 0 Å². The summed E-state index contributed by atoms with van der Waals surface area (Å²) in [5.74, 6) is 1.47. The quantitative estimate of drug-likeness (QED) is 0.121. The Morgan fingerprint density at radius 2 is 0.574 bits per heavy atom. The Balaban J connectivity index is 0.000000138. The molecule has 122 heavy (non-hydrogen) atoms. The fraction of sp³-hybridized carbons (Fsp3) is 0.0265. The zero-order chi connectivity index (χ0) is 80.8. The minimum absolute atomic E-state index is 0.164. The molecule has 25 rings (SSSR count). The fourth-order valence-electron chi connectivity index (χ4n) is 21.4. The third kappa shape index (κ3) is 10.5. The molecule has 0 unspecified atom stereocenters. The number of hydrogen-bond acceptors (Lipinski definition) is 4. The van der Waals surface area contributed by atoms with Crippen molar-refractivity contribution in [2.24, 2.45) is 0 Å². The van der Waals surface area contributed by atoms with E-state index in [2.05, 4.69) is 458 Å². The molecule has 0 amide bonds. The van der Waals surface area contributed by atoms with Crippen LogP contribution in [0.1, 0.15) is 25.0 Å². The van der Waals surface area contributed by atoms with Gasteiger partial charge in [-0.15, -0.1) is 0 Å². The zero-order valence-electron chi connectivity index (χ0n) is 67.1. The number of rotatable bonds is 11. The second kappa shape index (κ2) is 28.3. The van der Waals surface area contributed by atoms with Crippen LogP contribution in [0.15, 0.2) is 431 Å². The van der Waals surface area contributed by atoms with Gasteiger partial charge in [-0.1, -0.05) is 6.07 Å². The molecular formula is C113H77Ge2N7. The van der Waals surface area contributed by atoms with E-state index >= 15 is 0 Å². The standard InChI is InChI=1S/C58H38GeN4.C55H39GeN3/c1-5-21-39(22-6-1)58-60-55-45-30-13-17-33-48(45)59(40-23-7-2-8-24-40,41-25-9-3-10-26-41)54(55)56(61-58)47-32-16-20-36-51(47)63-50-35-19-15-31-46(50)53-52(63)38-37-44-43-29-14-18-34-49(43)62(57(44)53)42-27-11-4-12-28-42;1-55(2)44-30-16-12-26-39(44)40-34-35-48-49(50(40)55)42-28-14-18-32-46(42)59(48)47-33-19-15-29-43(47)53-51-52(57-54(58-53)36-20-6-3-7-21-36)41-27-13-17-31-45(41)56(51,37-22-8-4-9-23-37)38-24-10-5-11-25-38/h1-38H;3-35H,1-2H3. The van der Waals surface area contributed by atoms with Crippen molar-refractivity contribution >= 4 is 127 Å². The Morgan fingerprint density at radius 3 is 1.04 bits per heavy atom. The molecule has 0 fully saturated rings. The van der Waals surface area contributed by atoms with Gasteiger partial charge in [0.15, 0.2) is 0 Å².